The van der Waals surface area contributed by atoms with Crippen molar-refractivity contribution in [3.63, 3.8) is 0 Å². The Morgan fingerprint density at radius 3 is 2.41 bits per heavy atom. The van der Waals surface area contributed by atoms with Gasteiger partial charge in [-0.1, -0.05) is 32.0 Å². The van der Waals surface area contributed by atoms with E-state index in [1.54, 1.807) is 13.0 Å². The molecule has 22 heavy (non-hydrogen) atoms. The van der Waals surface area contributed by atoms with Gasteiger partial charge in [0.2, 0.25) is 11.8 Å². The molecule has 120 valence electrons. The van der Waals surface area contributed by atoms with Crippen molar-refractivity contribution >= 4 is 0 Å². The molecule has 7 heteroatoms. The maximum Gasteiger partial charge on any atom is 0.416 e. The van der Waals surface area contributed by atoms with Crippen LogP contribution in [0.15, 0.2) is 28.7 Å². The lowest BCUT2D eigenvalue weighted by atomic mass is 10.0. The van der Waals surface area contributed by atoms with E-state index in [4.69, 9.17) is 4.42 Å². The molecule has 1 aromatic carbocycles. The first-order valence-corrected chi connectivity index (χ1v) is 7.00. The number of aromatic nitrogens is 2. The fourth-order valence-electron chi connectivity index (χ4n) is 2.05. The van der Waals surface area contributed by atoms with Crippen LogP contribution < -0.4 is 5.32 Å². The molecule has 2 rings (SSSR count). The van der Waals surface area contributed by atoms with Gasteiger partial charge in [0.15, 0.2) is 0 Å². The number of alkyl halides is 3. The summed E-state index contributed by atoms with van der Waals surface area (Å²) in [5.74, 6) is 0.991. The molecule has 4 nitrogen and oxygen atoms in total. The smallest absolute Gasteiger partial charge is 0.416 e. The number of nitrogens with zero attached hydrogens (tertiary/aromatic N) is 2. The van der Waals surface area contributed by atoms with Crippen LogP contribution in [0, 0.1) is 0 Å². The summed E-state index contributed by atoms with van der Waals surface area (Å²) >= 11 is 0. The Hall–Kier alpha value is -1.89. The van der Waals surface area contributed by atoms with Gasteiger partial charge in [-0.25, -0.2) is 0 Å². The van der Waals surface area contributed by atoms with Crippen LogP contribution in [0.3, 0.4) is 0 Å². The Kier molecular flexibility index (Phi) is 4.85. The van der Waals surface area contributed by atoms with Crippen LogP contribution in [-0.2, 0) is 12.7 Å². The molecule has 0 saturated carbocycles. The molecule has 0 aliphatic rings. The molecule has 0 radical (unpaired) electrons. The van der Waals surface area contributed by atoms with Gasteiger partial charge in [0.1, 0.15) is 0 Å². The Balaban J connectivity index is 2.08. The Bertz CT molecular complexity index is 622. The third kappa shape index (κ3) is 3.85. The van der Waals surface area contributed by atoms with E-state index in [1.165, 1.54) is 12.1 Å². The van der Waals surface area contributed by atoms with Crippen LogP contribution >= 0.6 is 0 Å². The second-order valence-corrected chi connectivity index (χ2v) is 5.38. The zero-order valence-electron chi connectivity index (χ0n) is 12.6. The van der Waals surface area contributed by atoms with E-state index in [-0.39, 0.29) is 18.0 Å². The molecule has 1 N–H and O–H groups in total. The van der Waals surface area contributed by atoms with E-state index < -0.39 is 17.8 Å². The summed E-state index contributed by atoms with van der Waals surface area (Å²) in [4.78, 5) is 0. The minimum atomic E-state index is -4.37. The fraction of sp³-hybridized carbons (Fsp3) is 0.467. The average molecular weight is 313 g/mol. The van der Waals surface area contributed by atoms with Gasteiger partial charge in [0, 0.05) is 12.0 Å². The van der Waals surface area contributed by atoms with Crippen LogP contribution in [0.5, 0.6) is 0 Å². The first-order valence-electron chi connectivity index (χ1n) is 7.00. The summed E-state index contributed by atoms with van der Waals surface area (Å²) in [5.41, 5.74) is -0.443. The van der Waals surface area contributed by atoms with Crippen molar-refractivity contribution in [2.75, 3.05) is 0 Å². The van der Waals surface area contributed by atoms with E-state index in [0.717, 1.165) is 6.07 Å². The van der Waals surface area contributed by atoms with E-state index in [1.807, 2.05) is 13.8 Å². The normalized spacial score (nSPS) is 13.6. The number of nitrogens with one attached hydrogen (secondary N) is 1. The first kappa shape index (κ1) is 16.5. The lowest BCUT2D eigenvalue weighted by molar-refractivity contribution is -0.138. The molecule has 0 fully saturated rings. The Morgan fingerprint density at radius 1 is 1.14 bits per heavy atom. The predicted molar refractivity (Wildman–Crippen MR) is 75.1 cm³/mol. The third-order valence-electron chi connectivity index (χ3n) is 3.27. The molecule has 2 aromatic rings. The van der Waals surface area contributed by atoms with Gasteiger partial charge in [0.25, 0.3) is 0 Å². The minimum absolute atomic E-state index is 0.115. The van der Waals surface area contributed by atoms with Gasteiger partial charge in [-0.2, -0.15) is 13.2 Å². The SMILES string of the molecule is CC(C)c1nnc(CNC(C)c2ccccc2C(F)(F)F)o1. The highest BCUT2D eigenvalue weighted by Gasteiger charge is 2.34. The molecule has 0 aliphatic carbocycles. The predicted octanol–water partition coefficient (Wildman–Crippen LogP) is 4.06. The summed E-state index contributed by atoms with van der Waals surface area (Å²) in [6.45, 7) is 5.73. The zero-order valence-corrected chi connectivity index (χ0v) is 12.6. The minimum Gasteiger partial charge on any atom is -0.424 e. The van der Waals surface area contributed by atoms with E-state index in [9.17, 15) is 13.2 Å². The monoisotopic (exact) mass is 313 g/mol. The number of hydrogen-bond acceptors (Lipinski definition) is 4. The maximum atomic E-state index is 13.0. The second kappa shape index (κ2) is 6.48. The van der Waals surface area contributed by atoms with Crippen molar-refractivity contribution < 1.29 is 17.6 Å². The maximum absolute atomic E-state index is 13.0. The van der Waals surface area contributed by atoms with Gasteiger partial charge in [0.05, 0.1) is 12.1 Å². The number of halogens is 3. The zero-order chi connectivity index (χ0) is 16.3. The molecule has 0 bridgehead atoms. The second-order valence-electron chi connectivity index (χ2n) is 5.38. The Morgan fingerprint density at radius 2 is 1.82 bits per heavy atom. The summed E-state index contributed by atoms with van der Waals surface area (Å²) in [5, 5.41) is 10.7. The standard InChI is InChI=1S/C15H18F3N3O/c1-9(2)14-21-20-13(22-14)8-19-10(3)11-6-4-5-7-12(11)15(16,17)18/h4-7,9-10,19H,8H2,1-3H3. The fourth-order valence-corrected chi connectivity index (χ4v) is 2.05. The number of rotatable bonds is 5. The molecule has 0 aliphatic heterocycles. The van der Waals surface area contributed by atoms with E-state index in [0.29, 0.717) is 11.8 Å². The number of hydrogen-bond donors (Lipinski definition) is 1. The molecule has 0 saturated heterocycles. The summed E-state index contributed by atoms with van der Waals surface area (Å²) in [7, 11) is 0. The molecule has 1 heterocycles. The lowest BCUT2D eigenvalue weighted by Crippen LogP contribution is -2.21. The molecule has 1 atom stereocenters. The van der Waals surface area contributed by atoms with Gasteiger partial charge in [-0.15, -0.1) is 10.2 Å². The van der Waals surface area contributed by atoms with Gasteiger partial charge >= 0.3 is 6.18 Å². The van der Waals surface area contributed by atoms with Crippen molar-refractivity contribution in [2.45, 2.75) is 45.5 Å². The van der Waals surface area contributed by atoms with Crippen LogP contribution in [0.25, 0.3) is 0 Å². The largest absolute Gasteiger partial charge is 0.424 e. The van der Waals surface area contributed by atoms with Crippen molar-refractivity contribution in [2.24, 2.45) is 0 Å². The van der Waals surface area contributed by atoms with Gasteiger partial charge in [-0.05, 0) is 18.6 Å². The molecular weight excluding hydrogens is 295 g/mol. The van der Waals surface area contributed by atoms with Crippen molar-refractivity contribution in [1.82, 2.24) is 15.5 Å². The summed E-state index contributed by atoms with van der Waals surface area (Å²) in [6.07, 6.45) is -4.37. The van der Waals surface area contributed by atoms with E-state index >= 15 is 0 Å². The molecule has 1 aromatic heterocycles. The topological polar surface area (TPSA) is 51.0 Å². The van der Waals surface area contributed by atoms with Gasteiger partial charge in [-0.3, -0.25) is 0 Å². The van der Waals surface area contributed by atoms with Gasteiger partial charge < -0.3 is 9.73 Å². The van der Waals surface area contributed by atoms with E-state index in [2.05, 4.69) is 15.5 Å². The molecule has 1 unspecified atom stereocenters. The highest BCUT2D eigenvalue weighted by Crippen LogP contribution is 2.34. The Labute approximate surface area is 126 Å². The summed E-state index contributed by atoms with van der Waals surface area (Å²) in [6, 6.07) is 5.02. The lowest BCUT2D eigenvalue weighted by Gasteiger charge is -2.18. The molecular formula is C15H18F3N3O. The van der Waals surface area contributed by atoms with Crippen LogP contribution in [-0.4, -0.2) is 10.2 Å². The first-order chi connectivity index (χ1) is 10.3. The van der Waals surface area contributed by atoms with Crippen LogP contribution in [0.4, 0.5) is 13.2 Å². The highest BCUT2D eigenvalue weighted by atomic mass is 19.4. The highest BCUT2D eigenvalue weighted by molar-refractivity contribution is 5.32. The van der Waals surface area contributed by atoms with Crippen molar-refractivity contribution in [3.8, 4) is 0 Å². The quantitative estimate of drug-likeness (QED) is 0.904. The number of benzene rings is 1. The van der Waals surface area contributed by atoms with Crippen LogP contribution in [0.1, 0.15) is 55.6 Å². The third-order valence-corrected chi connectivity index (χ3v) is 3.27. The average Bonchev–Trinajstić information content (AvgIpc) is 2.93. The van der Waals surface area contributed by atoms with Crippen molar-refractivity contribution in [1.29, 1.82) is 0 Å². The van der Waals surface area contributed by atoms with Crippen LogP contribution in [0.2, 0.25) is 0 Å². The molecule has 0 spiro atoms. The summed E-state index contributed by atoms with van der Waals surface area (Å²) < 4.78 is 44.4. The van der Waals surface area contributed by atoms with Crippen molar-refractivity contribution in [3.05, 3.63) is 47.2 Å². The molecule has 0 amide bonds.